The smallest absolute Gasteiger partial charge is 0.220 e. The largest absolute Gasteiger partial charge is 0.355 e. The third kappa shape index (κ3) is 6.89. The fourth-order valence-electron chi connectivity index (χ4n) is 1.38. The molecule has 3 nitrogen and oxygen atoms in total. The summed E-state index contributed by atoms with van der Waals surface area (Å²) in [5.41, 5.74) is 0. The minimum absolute atomic E-state index is 0.191. The van der Waals surface area contributed by atoms with Gasteiger partial charge in [-0.25, -0.2) is 0 Å². The Morgan fingerprint density at radius 1 is 1.14 bits per heavy atom. The van der Waals surface area contributed by atoms with Crippen molar-refractivity contribution in [3.05, 3.63) is 0 Å². The number of rotatable bonds is 8. The summed E-state index contributed by atoms with van der Waals surface area (Å²) in [7, 11) is 0. The molecule has 0 unspecified atom stereocenters. The highest BCUT2D eigenvalue weighted by Crippen LogP contribution is 2.11. The van der Waals surface area contributed by atoms with Crippen molar-refractivity contribution in [2.45, 2.75) is 40.0 Å². The van der Waals surface area contributed by atoms with Crippen molar-refractivity contribution in [2.24, 2.45) is 5.92 Å². The molecule has 0 rings (SSSR count). The highest BCUT2D eigenvalue weighted by Gasteiger charge is 2.08. The Hall–Kier alpha value is -0.570. The van der Waals surface area contributed by atoms with Crippen molar-refractivity contribution in [1.82, 2.24) is 10.6 Å². The molecule has 0 aliphatic heterocycles. The van der Waals surface area contributed by atoms with Gasteiger partial charge in [0.2, 0.25) is 5.91 Å². The summed E-state index contributed by atoms with van der Waals surface area (Å²) in [5, 5.41) is 6.09. The lowest BCUT2D eigenvalue weighted by Gasteiger charge is -2.11. The van der Waals surface area contributed by atoms with E-state index in [4.69, 9.17) is 0 Å². The van der Waals surface area contributed by atoms with E-state index in [2.05, 4.69) is 31.4 Å². The van der Waals surface area contributed by atoms with E-state index in [9.17, 15) is 4.79 Å². The fraction of sp³-hybridized carbons (Fsp3) is 0.909. The molecule has 0 aromatic carbocycles. The zero-order valence-electron chi connectivity index (χ0n) is 9.73. The summed E-state index contributed by atoms with van der Waals surface area (Å²) in [6, 6.07) is 0. The van der Waals surface area contributed by atoms with E-state index >= 15 is 0 Å². The molecule has 84 valence electrons. The number of likely N-dealkylation sites (N-methyl/N-ethyl adjacent to an activating group) is 1. The molecule has 0 aliphatic rings. The first-order chi connectivity index (χ1) is 6.74. The summed E-state index contributed by atoms with van der Waals surface area (Å²) >= 11 is 0. The molecular formula is C11H24N2O. The molecule has 0 aliphatic carbocycles. The maximum absolute atomic E-state index is 11.4. The van der Waals surface area contributed by atoms with E-state index < -0.39 is 0 Å². The van der Waals surface area contributed by atoms with Gasteiger partial charge in [-0.05, 0) is 12.5 Å². The minimum atomic E-state index is 0.191. The van der Waals surface area contributed by atoms with Gasteiger partial charge in [0.1, 0.15) is 0 Å². The van der Waals surface area contributed by atoms with Crippen LogP contribution in [0, 0.1) is 5.92 Å². The Bertz CT molecular complexity index is 144. The van der Waals surface area contributed by atoms with Gasteiger partial charge in [0, 0.05) is 19.5 Å². The molecule has 3 heteroatoms. The molecule has 0 aromatic heterocycles. The van der Waals surface area contributed by atoms with Crippen LogP contribution in [0.2, 0.25) is 0 Å². The first kappa shape index (κ1) is 13.4. The number of carbonyl (C=O) groups excluding carboxylic acids is 1. The lowest BCUT2D eigenvalue weighted by atomic mass is 9.99. The Morgan fingerprint density at radius 3 is 2.29 bits per heavy atom. The summed E-state index contributed by atoms with van der Waals surface area (Å²) in [4.78, 5) is 11.4. The number of nitrogens with one attached hydrogen (secondary N) is 2. The Labute approximate surface area is 87.6 Å². The molecule has 0 bridgehead atoms. The average Bonchev–Trinajstić information content (AvgIpc) is 2.21. The normalized spacial score (nSPS) is 10.6. The molecule has 0 saturated heterocycles. The molecule has 0 aromatic rings. The van der Waals surface area contributed by atoms with Crippen LogP contribution >= 0.6 is 0 Å². The molecule has 1 amide bonds. The lowest BCUT2D eigenvalue weighted by Crippen LogP contribution is -2.32. The molecular weight excluding hydrogens is 176 g/mol. The monoisotopic (exact) mass is 200 g/mol. The number of hydrogen-bond acceptors (Lipinski definition) is 2. The summed E-state index contributed by atoms with van der Waals surface area (Å²) in [5.74, 6) is 0.741. The van der Waals surface area contributed by atoms with E-state index in [1.807, 2.05) is 0 Å². The van der Waals surface area contributed by atoms with Gasteiger partial charge in [-0.3, -0.25) is 4.79 Å². The van der Waals surface area contributed by atoms with Crippen molar-refractivity contribution in [2.75, 3.05) is 19.6 Å². The second-order valence-corrected chi connectivity index (χ2v) is 3.59. The second kappa shape index (κ2) is 9.00. The number of hydrogen-bond donors (Lipinski definition) is 2. The third-order valence-corrected chi connectivity index (χ3v) is 2.50. The topological polar surface area (TPSA) is 41.1 Å². The van der Waals surface area contributed by atoms with Crippen LogP contribution in [-0.2, 0) is 4.79 Å². The molecule has 0 radical (unpaired) electrons. The van der Waals surface area contributed by atoms with Gasteiger partial charge >= 0.3 is 0 Å². The highest BCUT2D eigenvalue weighted by molar-refractivity contribution is 5.76. The molecule has 14 heavy (non-hydrogen) atoms. The first-order valence-electron chi connectivity index (χ1n) is 5.71. The third-order valence-electron chi connectivity index (χ3n) is 2.50. The van der Waals surface area contributed by atoms with Crippen molar-refractivity contribution in [1.29, 1.82) is 0 Å². The maximum Gasteiger partial charge on any atom is 0.220 e. The van der Waals surface area contributed by atoms with Crippen LogP contribution in [-0.4, -0.2) is 25.5 Å². The lowest BCUT2D eigenvalue weighted by molar-refractivity contribution is -0.122. The van der Waals surface area contributed by atoms with Crippen molar-refractivity contribution >= 4 is 5.91 Å². The van der Waals surface area contributed by atoms with E-state index in [1.54, 1.807) is 0 Å². The van der Waals surface area contributed by atoms with Gasteiger partial charge in [0.25, 0.3) is 0 Å². The first-order valence-corrected chi connectivity index (χ1v) is 5.71. The van der Waals surface area contributed by atoms with Crippen LogP contribution in [0.1, 0.15) is 40.0 Å². The molecule has 0 saturated carbocycles. The fourth-order valence-corrected chi connectivity index (χ4v) is 1.38. The molecule has 0 heterocycles. The molecule has 0 fully saturated rings. The minimum Gasteiger partial charge on any atom is -0.355 e. The van der Waals surface area contributed by atoms with Crippen LogP contribution < -0.4 is 10.6 Å². The SMILES string of the molecule is CCNCCNC(=O)CC(CC)CC. The van der Waals surface area contributed by atoms with Gasteiger partial charge in [-0.1, -0.05) is 33.6 Å². The van der Waals surface area contributed by atoms with E-state index in [0.29, 0.717) is 12.3 Å². The zero-order valence-corrected chi connectivity index (χ0v) is 9.73. The Kier molecular flexibility index (Phi) is 8.64. The number of carbonyl (C=O) groups is 1. The van der Waals surface area contributed by atoms with Gasteiger partial charge < -0.3 is 10.6 Å². The van der Waals surface area contributed by atoms with Crippen LogP contribution in [0.4, 0.5) is 0 Å². The number of amides is 1. The second-order valence-electron chi connectivity index (χ2n) is 3.59. The van der Waals surface area contributed by atoms with Crippen molar-refractivity contribution < 1.29 is 4.79 Å². The van der Waals surface area contributed by atoms with Crippen LogP contribution in [0.15, 0.2) is 0 Å². The summed E-state index contributed by atoms with van der Waals surface area (Å²) in [6.07, 6.45) is 2.87. The Morgan fingerprint density at radius 2 is 1.79 bits per heavy atom. The zero-order chi connectivity index (χ0) is 10.8. The van der Waals surface area contributed by atoms with Crippen LogP contribution in [0.3, 0.4) is 0 Å². The summed E-state index contributed by atoms with van der Waals surface area (Å²) in [6.45, 7) is 8.91. The van der Waals surface area contributed by atoms with E-state index in [1.165, 1.54) is 0 Å². The van der Waals surface area contributed by atoms with Gasteiger partial charge in [0.05, 0.1) is 0 Å². The highest BCUT2D eigenvalue weighted by atomic mass is 16.1. The maximum atomic E-state index is 11.4. The molecule has 0 atom stereocenters. The molecule has 0 spiro atoms. The standard InChI is InChI=1S/C11H24N2O/c1-4-10(5-2)9-11(14)13-8-7-12-6-3/h10,12H,4-9H2,1-3H3,(H,13,14). The molecule has 2 N–H and O–H groups in total. The van der Waals surface area contributed by atoms with Crippen molar-refractivity contribution in [3.8, 4) is 0 Å². The van der Waals surface area contributed by atoms with Gasteiger partial charge in [0.15, 0.2) is 0 Å². The quantitative estimate of drug-likeness (QED) is 0.584. The van der Waals surface area contributed by atoms with E-state index in [0.717, 1.165) is 32.5 Å². The van der Waals surface area contributed by atoms with Gasteiger partial charge in [-0.15, -0.1) is 0 Å². The predicted molar refractivity (Wildman–Crippen MR) is 60.2 cm³/mol. The Balaban J connectivity index is 3.44. The average molecular weight is 200 g/mol. The van der Waals surface area contributed by atoms with Crippen LogP contribution in [0.5, 0.6) is 0 Å². The van der Waals surface area contributed by atoms with Crippen LogP contribution in [0.25, 0.3) is 0 Å². The van der Waals surface area contributed by atoms with Crippen molar-refractivity contribution in [3.63, 3.8) is 0 Å². The summed E-state index contributed by atoms with van der Waals surface area (Å²) < 4.78 is 0. The predicted octanol–water partition coefficient (Wildman–Crippen LogP) is 1.54. The van der Waals surface area contributed by atoms with Gasteiger partial charge in [-0.2, -0.15) is 0 Å². The van der Waals surface area contributed by atoms with E-state index in [-0.39, 0.29) is 5.91 Å².